The molecule has 0 aromatic heterocycles. The Bertz CT molecular complexity index is 1590. The molecule has 220 valence electrons. The number of hydrazine groups is 1. The lowest BCUT2D eigenvalue weighted by atomic mass is 9.93. The maximum atomic E-state index is 14.6. The van der Waals surface area contributed by atoms with Crippen molar-refractivity contribution in [3.8, 4) is 5.75 Å². The molecule has 2 aromatic rings. The molecular weight excluding hydrogens is 560 g/mol. The number of amides is 3. The first kappa shape index (κ1) is 28.6. The molecule has 1 atom stereocenters. The van der Waals surface area contributed by atoms with Crippen LogP contribution in [0.15, 0.2) is 65.2 Å². The number of allylic oxidation sites excluding steroid dienone is 2. The average molecular weight is 587 g/mol. The van der Waals surface area contributed by atoms with Crippen molar-refractivity contribution in [1.82, 2.24) is 26.0 Å². The Labute approximate surface area is 237 Å². The smallest absolute Gasteiger partial charge is 0.267 e. The zero-order valence-electron chi connectivity index (χ0n) is 22.7. The minimum atomic E-state index is -3.04. The minimum Gasteiger partial charge on any atom is -0.496 e. The van der Waals surface area contributed by atoms with Crippen LogP contribution in [0.3, 0.4) is 0 Å². The second-order valence-corrected chi connectivity index (χ2v) is 10.1. The summed E-state index contributed by atoms with van der Waals surface area (Å²) in [6.07, 6.45) is 2.41. The van der Waals surface area contributed by atoms with Crippen molar-refractivity contribution in [2.75, 3.05) is 20.2 Å². The molecule has 0 saturated carbocycles. The first-order valence-corrected chi connectivity index (χ1v) is 12.8. The van der Waals surface area contributed by atoms with Crippen molar-refractivity contribution >= 4 is 23.4 Å². The lowest BCUT2D eigenvalue weighted by molar-refractivity contribution is -0.121. The number of likely N-dealkylation sites (tertiary alicyclic amines) is 1. The van der Waals surface area contributed by atoms with E-state index in [0.717, 1.165) is 23.1 Å². The third-order valence-electron chi connectivity index (χ3n) is 7.01. The zero-order chi connectivity index (χ0) is 30.4. The number of methoxy groups -OCH3 is 1. The molecule has 3 aliphatic rings. The van der Waals surface area contributed by atoms with Crippen molar-refractivity contribution in [2.24, 2.45) is 4.99 Å². The number of alkyl halides is 2. The number of halogens is 4. The van der Waals surface area contributed by atoms with E-state index in [2.05, 4.69) is 21.1 Å². The maximum absolute atomic E-state index is 14.6. The van der Waals surface area contributed by atoms with Gasteiger partial charge >= 0.3 is 0 Å². The molecule has 42 heavy (non-hydrogen) atoms. The molecule has 0 spiro atoms. The zero-order valence-corrected chi connectivity index (χ0v) is 22.7. The van der Waals surface area contributed by atoms with Crippen molar-refractivity contribution < 1.29 is 36.7 Å². The summed E-state index contributed by atoms with van der Waals surface area (Å²) in [6.45, 7) is 1.80. The van der Waals surface area contributed by atoms with Crippen LogP contribution in [-0.4, -0.2) is 65.1 Å². The van der Waals surface area contributed by atoms with Crippen molar-refractivity contribution in [3.05, 3.63) is 88.5 Å². The molecule has 0 bridgehead atoms. The Kier molecular flexibility index (Phi) is 7.16. The van der Waals surface area contributed by atoms with Gasteiger partial charge in [-0.15, -0.1) is 0 Å². The molecule has 3 aliphatic heterocycles. The topological polar surface area (TPSA) is 115 Å². The Morgan fingerprint density at radius 1 is 1.12 bits per heavy atom. The van der Waals surface area contributed by atoms with Crippen LogP contribution in [0.25, 0.3) is 0 Å². The van der Waals surface area contributed by atoms with E-state index < -0.39 is 53.9 Å². The first-order valence-electron chi connectivity index (χ1n) is 12.8. The monoisotopic (exact) mass is 586 g/mol. The van der Waals surface area contributed by atoms with E-state index in [-0.39, 0.29) is 46.3 Å². The molecule has 3 N–H and O–H groups in total. The fourth-order valence-electron chi connectivity index (χ4n) is 5.11. The number of fused-ring (bicyclic) bond motifs is 1. The number of carbonyl (C=O) groups excluding carboxylic acids is 3. The van der Waals surface area contributed by atoms with E-state index in [9.17, 15) is 31.9 Å². The SMILES string of the molecule is COc1cccc(F)c1C(=O)NC1=CC=C2N=C(c3cc(F)ccc3C(=O)N3CCC(F)(F)C3)C(C)(NC(C)=O)N2N1. The lowest BCUT2D eigenvalue weighted by Gasteiger charge is -2.40. The highest BCUT2D eigenvalue weighted by atomic mass is 19.3. The lowest BCUT2D eigenvalue weighted by Crippen LogP contribution is -2.64. The van der Waals surface area contributed by atoms with Gasteiger partial charge in [0.25, 0.3) is 17.7 Å². The molecule has 14 heteroatoms. The fourth-order valence-corrected chi connectivity index (χ4v) is 5.11. The quantitative estimate of drug-likeness (QED) is 0.449. The van der Waals surface area contributed by atoms with Crippen molar-refractivity contribution in [1.29, 1.82) is 0 Å². The van der Waals surface area contributed by atoms with Gasteiger partial charge in [0.2, 0.25) is 5.91 Å². The summed E-state index contributed by atoms with van der Waals surface area (Å²) >= 11 is 0. The van der Waals surface area contributed by atoms with Gasteiger partial charge < -0.3 is 20.3 Å². The van der Waals surface area contributed by atoms with E-state index in [1.165, 1.54) is 56.3 Å². The normalized spacial score (nSPS) is 20.6. The number of nitrogens with one attached hydrogen (secondary N) is 3. The van der Waals surface area contributed by atoms with Gasteiger partial charge in [0.15, 0.2) is 5.66 Å². The molecule has 0 radical (unpaired) electrons. The van der Waals surface area contributed by atoms with E-state index in [1.807, 2.05) is 0 Å². The van der Waals surface area contributed by atoms with Crippen LogP contribution >= 0.6 is 0 Å². The highest BCUT2D eigenvalue weighted by Gasteiger charge is 2.48. The van der Waals surface area contributed by atoms with Crippen molar-refractivity contribution in [3.63, 3.8) is 0 Å². The van der Waals surface area contributed by atoms with Gasteiger partial charge in [0, 0.05) is 31.0 Å². The summed E-state index contributed by atoms with van der Waals surface area (Å²) in [4.78, 5) is 44.2. The predicted octanol–water partition coefficient (Wildman–Crippen LogP) is 3.04. The van der Waals surface area contributed by atoms with Gasteiger partial charge in [-0.05, 0) is 49.4 Å². The summed E-state index contributed by atoms with van der Waals surface area (Å²) in [5.41, 5.74) is 0.922. The molecule has 2 aromatic carbocycles. The molecular formula is C28H26F4N6O4. The van der Waals surface area contributed by atoms with Crippen LogP contribution in [0.5, 0.6) is 5.75 Å². The highest BCUT2D eigenvalue weighted by molar-refractivity contribution is 6.16. The second-order valence-electron chi connectivity index (χ2n) is 10.1. The summed E-state index contributed by atoms with van der Waals surface area (Å²) in [5, 5.41) is 6.64. The number of ether oxygens (including phenoxy) is 1. The fraction of sp³-hybridized carbons (Fsp3) is 0.286. The predicted molar refractivity (Wildman–Crippen MR) is 142 cm³/mol. The molecule has 5 rings (SSSR count). The molecule has 3 heterocycles. The van der Waals surface area contributed by atoms with Crippen LogP contribution in [0.2, 0.25) is 0 Å². The number of benzene rings is 2. The van der Waals surface area contributed by atoms with Gasteiger partial charge in [-0.25, -0.2) is 27.6 Å². The van der Waals surface area contributed by atoms with E-state index in [4.69, 9.17) is 4.74 Å². The standard InChI is InChI=1S/C28H26F4N6O4/c1-15(39)35-27(2)24(18-13-16(29)7-8-17(18)26(41)37-12-11-28(31,32)14-37)34-22-10-9-21(36-38(22)27)33-25(40)23-19(30)5-4-6-20(23)42-3/h4-10,13,36H,11-12,14H2,1-3H3,(H,33,40)(H,35,39). The Hall–Kier alpha value is -4.88. The summed E-state index contributed by atoms with van der Waals surface area (Å²) in [6, 6.07) is 7.18. The highest BCUT2D eigenvalue weighted by Crippen LogP contribution is 2.35. The number of nitrogens with zero attached hydrogens (tertiary/aromatic N) is 3. The minimum absolute atomic E-state index is 0.00841. The molecule has 1 unspecified atom stereocenters. The molecule has 1 saturated heterocycles. The van der Waals surface area contributed by atoms with Crippen LogP contribution in [0.4, 0.5) is 17.6 Å². The molecule has 10 nitrogen and oxygen atoms in total. The van der Waals surface area contributed by atoms with Crippen LogP contribution in [-0.2, 0) is 4.79 Å². The van der Waals surface area contributed by atoms with E-state index >= 15 is 0 Å². The van der Waals surface area contributed by atoms with Crippen LogP contribution in [0, 0.1) is 11.6 Å². The Morgan fingerprint density at radius 3 is 2.55 bits per heavy atom. The molecule has 1 fully saturated rings. The first-order chi connectivity index (χ1) is 19.8. The third kappa shape index (κ3) is 5.15. The van der Waals surface area contributed by atoms with Gasteiger partial charge in [0.1, 0.15) is 34.6 Å². The summed E-state index contributed by atoms with van der Waals surface area (Å²) in [7, 11) is 1.29. The maximum Gasteiger partial charge on any atom is 0.267 e. The number of hydrogen-bond acceptors (Lipinski definition) is 7. The number of carbonyl (C=O) groups is 3. The van der Waals surface area contributed by atoms with Crippen molar-refractivity contribution in [2.45, 2.75) is 31.9 Å². The number of hydrogen-bond donors (Lipinski definition) is 3. The summed E-state index contributed by atoms with van der Waals surface area (Å²) in [5.74, 6) is -6.39. The van der Waals surface area contributed by atoms with Crippen LogP contribution in [0.1, 0.15) is 46.5 Å². The van der Waals surface area contributed by atoms with E-state index in [0.29, 0.717) is 0 Å². The molecule has 3 amide bonds. The van der Waals surface area contributed by atoms with Gasteiger partial charge in [-0.3, -0.25) is 19.8 Å². The number of rotatable bonds is 6. The Morgan fingerprint density at radius 2 is 1.88 bits per heavy atom. The van der Waals surface area contributed by atoms with Gasteiger partial charge in [0.05, 0.1) is 19.4 Å². The Balaban J connectivity index is 1.51. The average Bonchev–Trinajstić information content (AvgIpc) is 3.43. The third-order valence-corrected chi connectivity index (χ3v) is 7.01. The largest absolute Gasteiger partial charge is 0.496 e. The second kappa shape index (κ2) is 10.5. The van der Waals surface area contributed by atoms with E-state index in [1.54, 1.807) is 0 Å². The van der Waals surface area contributed by atoms with Gasteiger partial charge in [-0.1, -0.05) is 6.07 Å². The summed E-state index contributed by atoms with van der Waals surface area (Å²) < 4.78 is 61.9. The molecule has 0 aliphatic carbocycles. The number of aliphatic imine (C=N–C) groups is 1. The van der Waals surface area contributed by atoms with Crippen LogP contribution < -0.4 is 20.8 Å². The van der Waals surface area contributed by atoms with Gasteiger partial charge in [-0.2, -0.15) is 0 Å².